The molecule has 0 bridgehead atoms. The third-order valence-corrected chi connectivity index (χ3v) is 6.51. The Morgan fingerprint density at radius 3 is 2.59 bits per heavy atom. The lowest BCUT2D eigenvalue weighted by Crippen LogP contribution is -2.31. The Bertz CT molecular complexity index is 1010. The van der Waals surface area contributed by atoms with Crippen molar-refractivity contribution in [2.45, 2.75) is 24.3 Å². The number of nitrogens with one attached hydrogen (secondary N) is 1. The number of carbonyl (C=O) groups is 1. The normalized spacial score (nSPS) is 12.3. The molecule has 2 aromatic heterocycles. The van der Waals surface area contributed by atoms with Gasteiger partial charge in [0.05, 0.1) is 17.7 Å². The minimum absolute atomic E-state index is 0.0594. The summed E-state index contributed by atoms with van der Waals surface area (Å²) in [7, 11) is 3.29. The van der Waals surface area contributed by atoms with Gasteiger partial charge in [0.25, 0.3) is 5.56 Å². The molecule has 1 amide bonds. The highest BCUT2D eigenvalue weighted by atomic mass is 32.2. The van der Waals surface area contributed by atoms with Crippen LogP contribution in [-0.4, -0.2) is 27.8 Å². The van der Waals surface area contributed by atoms with Gasteiger partial charge in [0, 0.05) is 12.7 Å². The smallest absolute Gasteiger partial charge is 0.262 e. The van der Waals surface area contributed by atoms with E-state index in [2.05, 4.69) is 10.3 Å². The summed E-state index contributed by atoms with van der Waals surface area (Å²) in [6.45, 7) is 3.96. The van der Waals surface area contributed by atoms with Crippen molar-refractivity contribution in [1.29, 1.82) is 0 Å². The van der Waals surface area contributed by atoms with Gasteiger partial charge in [-0.25, -0.2) is 4.98 Å². The van der Waals surface area contributed by atoms with E-state index >= 15 is 0 Å². The molecule has 3 aromatic rings. The summed E-state index contributed by atoms with van der Waals surface area (Å²) < 4.78 is 6.64. The number of thioether (sulfide) groups is 1. The molecule has 1 N–H and O–H groups in total. The van der Waals surface area contributed by atoms with Crippen molar-refractivity contribution in [2.24, 2.45) is 13.0 Å². The van der Waals surface area contributed by atoms with Crippen LogP contribution in [0.2, 0.25) is 0 Å². The summed E-state index contributed by atoms with van der Waals surface area (Å²) in [5.74, 6) is 0.663. The zero-order valence-corrected chi connectivity index (χ0v) is 17.2. The molecule has 1 aromatic carbocycles. The number of fused-ring (bicyclic) bond motifs is 1. The number of rotatable bonds is 6. The number of methoxy groups -OCH3 is 1. The van der Waals surface area contributed by atoms with E-state index in [0.29, 0.717) is 21.1 Å². The number of amides is 1. The van der Waals surface area contributed by atoms with Crippen LogP contribution in [0, 0.1) is 5.92 Å². The third kappa shape index (κ3) is 4.17. The standard InChI is InChI=1S/C19H21N3O3S2/c1-11(2)15(16(23)20-12-5-7-13(25-4)8-6-12)27-19-21-17-14(9-10-26-17)18(24)22(19)3/h5-11,15H,1-4H3,(H,20,23). The Labute approximate surface area is 165 Å². The second-order valence-electron chi connectivity index (χ2n) is 6.40. The molecule has 0 aliphatic heterocycles. The molecule has 142 valence electrons. The van der Waals surface area contributed by atoms with E-state index in [1.54, 1.807) is 44.5 Å². The number of ether oxygens (including phenoxy) is 1. The van der Waals surface area contributed by atoms with E-state index in [-0.39, 0.29) is 22.6 Å². The summed E-state index contributed by atoms with van der Waals surface area (Å²) in [5.41, 5.74) is 0.601. The molecule has 1 atom stereocenters. The van der Waals surface area contributed by atoms with Crippen molar-refractivity contribution in [3.05, 3.63) is 46.1 Å². The largest absolute Gasteiger partial charge is 0.497 e. The van der Waals surface area contributed by atoms with Crippen molar-refractivity contribution >= 4 is 44.9 Å². The molecule has 6 nitrogen and oxygen atoms in total. The average molecular weight is 404 g/mol. The number of hydrogen-bond acceptors (Lipinski definition) is 6. The van der Waals surface area contributed by atoms with E-state index in [1.165, 1.54) is 27.7 Å². The number of carbonyl (C=O) groups excluding carboxylic acids is 1. The van der Waals surface area contributed by atoms with Crippen LogP contribution < -0.4 is 15.6 Å². The van der Waals surface area contributed by atoms with Crippen molar-refractivity contribution in [1.82, 2.24) is 9.55 Å². The van der Waals surface area contributed by atoms with E-state index in [9.17, 15) is 9.59 Å². The second-order valence-corrected chi connectivity index (χ2v) is 8.40. The van der Waals surface area contributed by atoms with Gasteiger partial charge in [0.1, 0.15) is 10.6 Å². The number of nitrogens with zero attached hydrogens (tertiary/aromatic N) is 2. The van der Waals surface area contributed by atoms with Gasteiger partial charge in [0.15, 0.2) is 5.16 Å². The van der Waals surface area contributed by atoms with Crippen molar-refractivity contribution in [3.8, 4) is 5.75 Å². The quantitative estimate of drug-likeness (QED) is 0.501. The first-order valence-electron chi connectivity index (χ1n) is 8.46. The van der Waals surface area contributed by atoms with Gasteiger partial charge in [-0.05, 0) is 41.6 Å². The minimum atomic E-state index is -0.386. The molecular weight excluding hydrogens is 382 g/mol. The van der Waals surface area contributed by atoms with Gasteiger partial charge in [-0.2, -0.15) is 0 Å². The summed E-state index contributed by atoms with van der Waals surface area (Å²) in [6.07, 6.45) is 0. The summed E-state index contributed by atoms with van der Waals surface area (Å²) in [6, 6.07) is 8.96. The maximum atomic E-state index is 12.8. The van der Waals surface area contributed by atoms with E-state index < -0.39 is 0 Å². The van der Waals surface area contributed by atoms with Gasteiger partial charge in [-0.1, -0.05) is 25.6 Å². The number of benzene rings is 1. The minimum Gasteiger partial charge on any atom is -0.497 e. The maximum Gasteiger partial charge on any atom is 0.262 e. The topological polar surface area (TPSA) is 73.2 Å². The van der Waals surface area contributed by atoms with Crippen LogP contribution in [0.4, 0.5) is 5.69 Å². The Morgan fingerprint density at radius 2 is 1.96 bits per heavy atom. The Hall–Kier alpha value is -2.32. The summed E-state index contributed by atoms with van der Waals surface area (Å²) in [4.78, 5) is 30.6. The predicted octanol–water partition coefficient (Wildman–Crippen LogP) is 3.76. The lowest BCUT2D eigenvalue weighted by atomic mass is 10.1. The maximum absolute atomic E-state index is 12.8. The fraction of sp³-hybridized carbons (Fsp3) is 0.316. The van der Waals surface area contributed by atoms with Gasteiger partial charge < -0.3 is 10.1 Å². The lowest BCUT2D eigenvalue weighted by Gasteiger charge is -2.20. The van der Waals surface area contributed by atoms with Crippen LogP contribution in [0.25, 0.3) is 10.2 Å². The molecule has 2 heterocycles. The molecule has 0 aliphatic carbocycles. The van der Waals surface area contributed by atoms with Crippen LogP contribution in [0.5, 0.6) is 5.75 Å². The Kier molecular flexibility index (Phi) is 5.86. The first kappa shape index (κ1) is 19.4. The van der Waals surface area contributed by atoms with Crippen LogP contribution in [0.1, 0.15) is 13.8 Å². The molecule has 1 unspecified atom stereocenters. The van der Waals surface area contributed by atoms with Gasteiger partial charge in [-0.3, -0.25) is 14.2 Å². The van der Waals surface area contributed by atoms with E-state index in [4.69, 9.17) is 4.74 Å². The SMILES string of the molecule is COc1ccc(NC(=O)C(Sc2nc3sccc3c(=O)n2C)C(C)C)cc1. The molecule has 0 saturated carbocycles. The molecular formula is C19H21N3O3S2. The van der Waals surface area contributed by atoms with Crippen LogP contribution in [-0.2, 0) is 11.8 Å². The zero-order chi connectivity index (χ0) is 19.6. The monoisotopic (exact) mass is 403 g/mol. The fourth-order valence-electron chi connectivity index (χ4n) is 2.58. The van der Waals surface area contributed by atoms with Gasteiger partial charge in [-0.15, -0.1) is 11.3 Å². The molecule has 8 heteroatoms. The molecule has 27 heavy (non-hydrogen) atoms. The van der Waals surface area contributed by atoms with Crippen molar-refractivity contribution < 1.29 is 9.53 Å². The highest BCUT2D eigenvalue weighted by molar-refractivity contribution is 8.00. The first-order chi connectivity index (χ1) is 12.9. The molecule has 0 saturated heterocycles. The van der Waals surface area contributed by atoms with E-state index in [1.807, 2.05) is 19.2 Å². The number of thiophene rings is 1. The van der Waals surface area contributed by atoms with Crippen LogP contribution in [0.15, 0.2) is 45.7 Å². The summed E-state index contributed by atoms with van der Waals surface area (Å²) in [5, 5.41) is 5.55. The number of hydrogen-bond donors (Lipinski definition) is 1. The van der Waals surface area contributed by atoms with Crippen molar-refractivity contribution in [2.75, 3.05) is 12.4 Å². The molecule has 3 rings (SSSR count). The summed E-state index contributed by atoms with van der Waals surface area (Å²) >= 11 is 2.74. The molecule has 0 aliphatic rings. The Morgan fingerprint density at radius 1 is 1.26 bits per heavy atom. The van der Waals surface area contributed by atoms with Crippen LogP contribution in [0.3, 0.4) is 0 Å². The molecule has 0 fully saturated rings. The highest BCUT2D eigenvalue weighted by Gasteiger charge is 2.26. The first-order valence-corrected chi connectivity index (χ1v) is 10.2. The second kappa shape index (κ2) is 8.14. The Balaban J connectivity index is 1.84. The predicted molar refractivity (Wildman–Crippen MR) is 111 cm³/mol. The van der Waals surface area contributed by atoms with Crippen molar-refractivity contribution in [3.63, 3.8) is 0 Å². The number of anilines is 1. The molecule has 0 radical (unpaired) electrons. The number of aromatic nitrogens is 2. The van der Waals surface area contributed by atoms with E-state index in [0.717, 1.165) is 5.75 Å². The lowest BCUT2D eigenvalue weighted by molar-refractivity contribution is -0.116. The fourth-order valence-corrected chi connectivity index (χ4v) is 4.44. The van der Waals surface area contributed by atoms with Gasteiger partial charge in [0.2, 0.25) is 5.91 Å². The van der Waals surface area contributed by atoms with Crippen LogP contribution >= 0.6 is 23.1 Å². The average Bonchev–Trinajstić information content (AvgIpc) is 3.12. The third-order valence-electron chi connectivity index (χ3n) is 4.12. The molecule has 0 spiro atoms. The zero-order valence-electron chi connectivity index (χ0n) is 15.6. The highest BCUT2D eigenvalue weighted by Crippen LogP contribution is 2.29. The van der Waals surface area contributed by atoms with Gasteiger partial charge >= 0.3 is 0 Å².